The summed E-state index contributed by atoms with van der Waals surface area (Å²) in [6.45, 7) is 4.71. The molecule has 0 heterocycles. The first-order chi connectivity index (χ1) is 11.5. The summed E-state index contributed by atoms with van der Waals surface area (Å²) >= 11 is 6.15. The topological polar surface area (TPSA) is 73.9 Å². The lowest BCUT2D eigenvalue weighted by molar-refractivity contribution is -0.124. The van der Waals surface area contributed by atoms with Crippen LogP contribution < -0.4 is 14.8 Å². The lowest BCUT2D eigenvalue weighted by atomic mass is 10.2. The summed E-state index contributed by atoms with van der Waals surface area (Å²) in [7, 11) is 1.46. The molecule has 0 saturated carbocycles. The Balaban J connectivity index is 2.70. The van der Waals surface area contributed by atoms with Crippen LogP contribution in [0.15, 0.2) is 12.1 Å². The maximum Gasteiger partial charge on any atom is 0.338 e. The molecular formula is C17H24ClNO5. The molecule has 7 heteroatoms. The van der Waals surface area contributed by atoms with Gasteiger partial charge in [0.15, 0.2) is 18.1 Å². The van der Waals surface area contributed by atoms with Crippen molar-refractivity contribution < 1.29 is 23.8 Å². The van der Waals surface area contributed by atoms with E-state index in [1.807, 2.05) is 13.8 Å². The Hall–Kier alpha value is -1.95. The molecule has 0 unspecified atom stereocenters. The van der Waals surface area contributed by atoms with Crippen molar-refractivity contribution in [3.63, 3.8) is 0 Å². The van der Waals surface area contributed by atoms with Crippen molar-refractivity contribution >= 4 is 23.5 Å². The molecule has 0 aliphatic heterocycles. The summed E-state index contributed by atoms with van der Waals surface area (Å²) in [6.07, 6.45) is 2.67. The van der Waals surface area contributed by atoms with E-state index in [0.717, 1.165) is 19.3 Å². The van der Waals surface area contributed by atoms with Crippen molar-refractivity contribution in [1.29, 1.82) is 0 Å². The number of unbranched alkanes of at least 4 members (excludes halogenated alkanes) is 1. The molecule has 134 valence electrons. The predicted octanol–water partition coefficient (Wildman–Crippen LogP) is 3.21. The van der Waals surface area contributed by atoms with Crippen LogP contribution in [0, 0.1) is 0 Å². The van der Waals surface area contributed by atoms with Gasteiger partial charge in [-0.1, -0.05) is 31.9 Å². The van der Waals surface area contributed by atoms with Gasteiger partial charge in [-0.2, -0.15) is 0 Å². The fourth-order valence-corrected chi connectivity index (χ4v) is 2.12. The summed E-state index contributed by atoms with van der Waals surface area (Å²) in [6, 6.07) is 2.92. The van der Waals surface area contributed by atoms with Gasteiger partial charge in [-0.25, -0.2) is 4.79 Å². The molecule has 0 atom stereocenters. The van der Waals surface area contributed by atoms with Crippen LogP contribution in [0.5, 0.6) is 11.5 Å². The van der Waals surface area contributed by atoms with Crippen molar-refractivity contribution in [3.8, 4) is 11.5 Å². The van der Waals surface area contributed by atoms with Gasteiger partial charge in [0.1, 0.15) is 0 Å². The third-order valence-corrected chi connectivity index (χ3v) is 3.38. The molecule has 6 nitrogen and oxygen atoms in total. The standard InChI is InChI=1S/C17H24ClNO5/c1-4-6-7-19-15(20)11-24-17(21)12-9-13(18)16(23-8-5-2)14(10-12)22-3/h9-10H,4-8,11H2,1-3H3,(H,19,20). The Labute approximate surface area is 147 Å². The molecule has 1 aromatic rings. The zero-order chi connectivity index (χ0) is 17.9. The largest absolute Gasteiger partial charge is 0.493 e. The minimum atomic E-state index is -0.650. The van der Waals surface area contributed by atoms with Crippen LogP contribution in [0.3, 0.4) is 0 Å². The quantitative estimate of drug-likeness (QED) is 0.514. The molecule has 0 saturated heterocycles. The molecule has 0 aromatic heterocycles. The summed E-state index contributed by atoms with van der Waals surface area (Å²) in [5.74, 6) is -0.259. The highest BCUT2D eigenvalue weighted by Gasteiger charge is 2.17. The van der Waals surface area contributed by atoms with Gasteiger partial charge in [0.2, 0.25) is 0 Å². The van der Waals surface area contributed by atoms with Crippen LogP contribution in [-0.2, 0) is 9.53 Å². The number of benzene rings is 1. The Morgan fingerprint density at radius 3 is 2.58 bits per heavy atom. The maximum atomic E-state index is 12.1. The third kappa shape index (κ3) is 6.28. The monoisotopic (exact) mass is 357 g/mol. The van der Waals surface area contributed by atoms with E-state index in [0.29, 0.717) is 24.7 Å². The SMILES string of the molecule is CCCCNC(=O)COC(=O)c1cc(Cl)c(OCCC)c(OC)c1. The van der Waals surface area contributed by atoms with Crippen LogP contribution in [0.4, 0.5) is 0 Å². The van der Waals surface area contributed by atoms with E-state index in [2.05, 4.69) is 5.32 Å². The molecular weight excluding hydrogens is 334 g/mol. The van der Waals surface area contributed by atoms with Gasteiger partial charge < -0.3 is 19.5 Å². The molecule has 0 radical (unpaired) electrons. The van der Waals surface area contributed by atoms with Crippen molar-refractivity contribution in [2.75, 3.05) is 26.9 Å². The number of esters is 1. The van der Waals surface area contributed by atoms with E-state index >= 15 is 0 Å². The number of nitrogens with one attached hydrogen (secondary N) is 1. The number of carbonyl (C=O) groups excluding carboxylic acids is 2. The maximum absolute atomic E-state index is 12.1. The van der Waals surface area contributed by atoms with Gasteiger partial charge in [-0.05, 0) is 25.0 Å². The number of hydrogen-bond acceptors (Lipinski definition) is 5. The molecule has 1 amide bonds. The highest BCUT2D eigenvalue weighted by atomic mass is 35.5. The Morgan fingerprint density at radius 1 is 1.21 bits per heavy atom. The average molecular weight is 358 g/mol. The van der Waals surface area contributed by atoms with Crippen molar-refractivity contribution in [2.24, 2.45) is 0 Å². The van der Waals surface area contributed by atoms with Crippen LogP contribution in [-0.4, -0.2) is 38.7 Å². The van der Waals surface area contributed by atoms with Crippen LogP contribution in [0.1, 0.15) is 43.5 Å². The Kier molecular flexibility index (Phi) is 9.01. The number of hydrogen-bond donors (Lipinski definition) is 1. The fourth-order valence-electron chi connectivity index (χ4n) is 1.85. The molecule has 0 aliphatic carbocycles. The number of amides is 1. The normalized spacial score (nSPS) is 10.2. The van der Waals surface area contributed by atoms with Gasteiger partial charge in [-0.3, -0.25) is 4.79 Å². The van der Waals surface area contributed by atoms with Gasteiger partial charge >= 0.3 is 5.97 Å². The first-order valence-electron chi connectivity index (χ1n) is 7.97. The van der Waals surface area contributed by atoms with Gasteiger partial charge in [0.25, 0.3) is 5.91 Å². The summed E-state index contributed by atoms with van der Waals surface area (Å²) in [5, 5.41) is 2.92. The Bertz CT molecular complexity index is 562. The van der Waals surface area contributed by atoms with Gasteiger partial charge in [0, 0.05) is 6.54 Å². The minimum Gasteiger partial charge on any atom is -0.493 e. The zero-order valence-corrected chi connectivity index (χ0v) is 15.1. The highest BCUT2D eigenvalue weighted by molar-refractivity contribution is 6.32. The lowest BCUT2D eigenvalue weighted by Gasteiger charge is -2.13. The van der Waals surface area contributed by atoms with E-state index in [4.69, 9.17) is 25.8 Å². The summed E-state index contributed by atoms with van der Waals surface area (Å²) < 4.78 is 15.7. The van der Waals surface area contributed by atoms with Crippen LogP contribution >= 0.6 is 11.6 Å². The number of halogens is 1. The van der Waals surface area contributed by atoms with Gasteiger partial charge in [0.05, 0.1) is 24.3 Å². The minimum absolute atomic E-state index is 0.196. The average Bonchev–Trinajstić information content (AvgIpc) is 2.58. The van der Waals surface area contributed by atoms with Crippen molar-refractivity contribution in [3.05, 3.63) is 22.7 Å². The molecule has 0 aliphatic rings. The van der Waals surface area contributed by atoms with Crippen LogP contribution in [0.25, 0.3) is 0 Å². The Morgan fingerprint density at radius 2 is 1.96 bits per heavy atom. The number of carbonyl (C=O) groups is 2. The van der Waals surface area contributed by atoms with E-state index in [1.165, 1.54) is 19.2 Å². The summed E-state index contributed by atoms with van der Waals surface area (Å²) in [4.78, 5) is 23.6. The second-order valence-electron chi connectivity index (χ2n) is 5.12. The van der Waals surface area contributed by atoms with E-state index in [9.17, 15) is 9.59 Å². The first kappa shape index (κ1) is 20.1. The van der Waals surface area contributed by atoms with Crippen molar-refractivity contribution in [2.45, 2.75) is 33.1 Å². The second-order valence-corrected chi connectivity index (χ2v) is 5.52. The molecule has 1 aromatic carbocycles. The smallest absolute Gasteiger partial charge is 0.338 e. The van der Waals surface area contributed by atoms with E-state index < -0.39 is 5.97 Å². The first-order valence-corrected chi connectivity index (χ1v) is 8.35. The molecule has 0 spiro atoms. The number of ether oxygens (including phenoxy) is 3. The van der Waals surface area contributed by atoms with Crippen molar-refractivity contribution in [1.82, 2.24) is 5.32 Å². The van der Waals surface area contributed by atoms with E-state index in [1.54, 1.807) is 0 Å². The highest BCUT2D eigenvalue weighted by Crippen LogP contribution is 2.36. The summed E-state index contributed by atoms with van der Waals surface area (Å²) in [5.41, 5.74) is 0.196. The predicted molar refractivity (Wildman–Crippen MR) is 92.0 cm³/mol. The second kappa shape index (κ2) is 10.8. The third-order valence-electron chi connectivity index (χ3n) is 3.10. The molecule has 0 fully saturated rings. The van der Waals surface area contributed by atoms with E-state index in [-0.39, 0.29) is 23.1 Å². The molecule has 1 rings (SSSR count). The number of rotatable bonds is 10. The number of methoxy groups -OCH3 is 1. The fraction of sp³-hybridized carbons (Fsp3) is 0.529. The van der Waals surface area contributed by atoms with Crippen LogP contribution in [0.2, 0.25) is 5.02 Å². The lowest BCUT2D eigenvalue weighted by Crippen LogP contribution is -2.29. The molecule has 24 heavy (non-hydrogen) atoms. The zero-order valence-electron chi connectivity index (χ0n) is 14.3. The molecule has 0 bridgehead atoms. The van der Waals surface area contributed by atoms with Gasteiger partial charge in [-0.15, -0.1) is 0 Å². The molecule has 1 N–H and O–H groups in total.